The molecule has 0 heterocycles. The van der Waals surface area contributed by atoms with E-state index >= 15 is 0 Å². The summed E-state index contributed by atoms with van der Waals surface area (Å²) >= 11 is 0. The Hall–Kier alpha value is -0.610. The average molecular weight is 136 g/mol. The number of carboxylic acid groups (broad SMARTS) is 1. The fourth-order valence-corrected chi connectivity index (χ4v) is 0.240. The zero-order valence-corrected chi connectivity index (χ0v) is 4.96. The number of hydrogen-bond donors (Lipinski definition) is 3. The van der Waals surface area contributed by atoms with Gasteiger partial charge in [0.2, 0.25) is 0 Å². The maximum Gasteiger partial charge on any atom is 0.323 e. The molecule has 0 aliphatic heterocycles. The van der Waals surface area contributed by atoms with E-state index in [0.717, 1.165) is 6.92 Å². The molecule has 0 fully saturated rings. The van der Waals surface area contributed by atoms with E-state index in [1.165, 1.54) is 0 Å². The standard InChI is InChI=1S/C5H11NO3/c1-5(2,9)3(6)4(7)8/h3,9H,6H2,1-2H3,(H,7,8)/t3-/m1/s1/i1D3/t3-,5+. The van der Waals surface area contributed by atoms with Gasteiger partial charge in [-0.05, 0) is 13.8 Å². The Kier molecular flexibility index (Phi) is 1.10. The van der Waals surface area contributed by atoms with E-state index in [-0.39, 0.29) is 0 Å². The number of aliphatic carboxylic acids is 1. The molecule has 4 N–H and O–H groups in total. The van der Waals surface area contributed by atoms with Gasteiger partial charge in [0.15, 0.2) is 0 Å². The van der Waals surface area contributed by atoms with Gasteiger partial charge in [0.25, 0.3) is 0 Å². The first-order valence-electron chi connectivity index (χ1n) is 3.81. The van der Waals surface area contributed by atoms with Gasteiger partial charge in [-0.3, -0.25) is 4.79 Å². The Morgan fingerprint density at radius 3 is 2.56 bits per heavy atom. The van der Waals surface area contributed by atoms with Crippen molar-refractivity contribution in [2.24, 2.45) is 5.73 Å². The largest absolute Gasteiger partial charge is 0.480 e. The summed E-state index contributed by atoms with van der Waals surface area (Å²) in [5, 5.41) is 17.6. The third kappa shape index (κ3) is 2.43. The van der Waals surface area contributed by atoms with E-state index in [9.17, 15) is 9.90 Å². The van der Waals surface area contributed by atoms with Crippen molar-refractivity contribution >= 4 is 5.97 Å². The summed E-state index contributed by atoms with van der Waals surface area (Å²) in [6.07, 6.45) is 0. The van der Waals surface area contributed by atoms with Gasteiger partial charge in [0.05, 0.1) is 5.60 Å². The van der Waals surface area contributed by atoms with Gasteiger partial charge >= 0.3 is 5.97 Å². The Bertz CT molecular complexity index is 189. The van der Waals surface area contributed by atoms with Crippen LogP contribution in [0, 0.1) is 0 Å². The molecule has 54 valence electrons. The van der Waals surface area contributed by atoms with Crippen molar-refractivity contribution in [2.75, 3.05) is 0 Å². The van der Waals surface area contributed by atoms with Crippen LogP contribution < -0.4 is 5.73 Å². The minimum absolute atomic E-state index is 0.874. The molecule has 4 nitrogen and oxygen atoms in total. The highest BCUT2D eigenvalue weighted by atomic mass is 16.4. The molecule has 0 aromatic rings. The molecule has 0 saturated carbocycles. The Morgan fingerprint density at radius 2 is 2.44 bits per heavy atom. The molecule has 0 aromatic carbocycles. The molecule has 2 atom stereocenters. The first-order chi connectivity index (χ1) is 5.10. The second kappa shape index (κ2) is 2.33. The lowest BCUT2D eigenvalue weighted by Crippen LogP contribution is -2.48. The van der Waals surface area contributed by atoms with E-state index in [1.54, 1.807) is 0 Å². The summed E-state index contributed by atoms with van der Waals surface area (Å²) < 4.78 is 20.4. The molecule has 9 heavy (non-hydrogen) atoms. The molecular formula is C5H11NO3. The number of carboxylic acids is 1. The fraction of sp³-hybridized carbons (Fsp3) is 0.800. The van der Waals surface area contributed by atoms with Crippen molar-refractivity contribution in [3.8, 4) is 0 Å². The maximum atomic E-state index is 10.3. The van der Waals surface area contributed by atoms with Gasteiger partial charge < -0.3 is 15.9 Å². The summed E-state index contributed by atoms with van der Waals surface area (Å²) in [5.41, 5.74) is 2.57. The fourth-order valence-electron chi connectivity index (χ4n) is 0.240. The number of hydrogen-bond acceptors (Lipinski definition) is 3. The molecule has 0 aliphatic rings. The lowest BCUT2D eigenvalue weighted by atomic mass is 10.0. The zero-order chi connectivity index (χ0) is 10.2. The second-order valence-electron chi connectivity index (χ2n) is 1.96. The van der Waals surface area contributed by atoms with E-state index in [1.807, 2.05) is 0 Å². The first-order valence-corrected chi connectivity index (χ1v) is 2.31. The number of aliphatic hydroxyl groups is 1. The highest BCUT2D eigenvalue weighted by Gasteiger charge is 2.28. The Labute approximate surface area is 57.5 Å². The van der Waals surface area contributed by atoms with Crippen LogP contribution in [0.2, 0.25) is 0 Å². The van der Waals surface area contributed by atoms with Gasteiger partial charge in [-0.15, -0.1) is 0 Å². The average Bonchev–Trinajstić information content (AvgIpc) is 1.83. The van der Waals surface area contributed by atoms with Crippen LogP contribution in [0.15, 0.2) is 0 Å². The summed E-state index contributed by atoms with van der Waals surface area (Å²) in [4.78, 5) is 10.3. The normalized spacial score (nSPS) is 26.8. The van der Waals surface area contributed by atoms with Crippen LogP contribution in [0.4, 0.5) is 0 Å². The van der Waals surface area contributed by atoms with Crippen LogP contribution >= 0.6 is 0 Å². The lowest BCUT2D eigenvalue weighted by molar-refractivity contribution is -0.143. The minimum atomic E-state index is -2.80. The predicted molar refractivity (Wildman–Crippen MR) is 31.9 cm³/mol. The number of carbonyl (C=O) groups is 1. The SMILES string of the molecule is [2H]C([2H])([2H])[C@@](C)(O)[C@H](N)C(=O)O. The monoisotopic (exact) mass is 136 g/mol. The molecule has 0 bridgehead atoms. The van der Waals surface area contributed by atoms with Gasteiger partial charge in [0, 0.05) is 4.11 Å². The third-order valence-electron chi connectivity index (χ3n) is 0.872. The van der Waals surface area contributed by atoms with Crippen molar-refractivity contribution in [2.45, 2.75) is 25.4 Å². The Balaban J connectivity index is 4.73. The van der Waals surface area contributed by atoms with Crippen LogP contribution in [0.3, 0.4) is 0 Å². The molecule has 0 radical (unpaired) electrons. The van der Waals surface area contributed by atoms with Crippen LogP contribution in [-0.4, -0.2) is 27.8 Å². The zero-order valence-electron chi connectivity index (χ0n) is 7.96. The van der Waals surface area contributed by atoms with E-state index in [4.69, 9.17) is 15.0 Å². The summed E-state index contributed by atoms with van der Waals surface area (Å²) in [6.45, 7) is -1.93. The summed E-state index contributed by atoms with van der Waals surface area (Å²) in [6, 6.07) is -1.81. The van der Waals surface area contributed by atoms with E-state index in [2.05, 4.69) is 0 Å². The van der Waals surface area contributed by atoms with E-state index in [0.29, 0.717) is 0 Å². The first kappa shape index (κ1) is 4.24. The topological polar surface area (TPSA) is 83.5 Å². The van der Waals surface area contributed by atoms with Crippen molar-refractivity contribution in [3.05, 3.63) is 0 Å². The van der Waals surface area contributed by atoms with Gasteiger partial charge in [-0.1, -0.05) is 0 Å². The smallest absolute Gasteiger partial charge is 0.323 e. The van der Waals surface area contributed by atoms with E-state index < -0.39 is 24.5 Å². The molecule has 4 heteroatoms. The lowest BCUT2D eigenvalue weighted by Gasteiger charge is -2.20. The minimum Gasteiger partial charge on any atom is -0.480 e. The maximum absolute atomic E-state index is 10.3. The molecule has 0 aromatic heterocycles. The predicted octanol–water partition coefficient (Wildman–Crippen LogP) is -0.831. The third-order valence-corrected chi connectivity index (χ3v) is 0.872. The van der Waals surface area contributed by atoms with Crippen molar-refractivity contribution in [3.63, 3.8) is 0 Å². The van der Waals surface area contributed by atoms with Crippen molar-refractivity contribution < 1.29 is 19.1 Å². The van der Waals surface area contributed by atoms with Crippen molar-refractivity contribution in [1.82, 2.24) is 0 Å². The van der Waals surface area contributed by atoms with Gasteiger partial charge in [-0.2, -0.15) is 0 Å². The van der Waals surface area contributed by atoms with Gasteiger partial charge in [0.1, 0.15) is 6.04 Å². The molecule has 0 aliphatic carbocycles. The summed E-state index contributed by atoms with van der Waals surface area (Å²) in [5.74, 6) is -1.55. The molecule has 0 spiro atoms. The molecule has 0 unspecified atom stereocenters. The van der Waals surface area contributed by atoms with Crippen LogP contribution in [0.25, 0.3) is 0 Å². The highest BCUT2D eigenvalue weighted by molar-refractivity contribution is 5.74. The highest BCUT2D eigenvalue weighted by Crippen LogP contribution is 2.04. The molecule has 0 amide bonds. The molecule has 0 rings (SSSR count). The summed E-state index contributed by atoms with van der Waals surface area (Å²) in [7, 11) is 0. The van der Waals surface area contributed by atoms with Crippen LogP contribution in [-0.2, 0) is 4.79 Å². The van der Waals surface area contributed by atoms with Crippen LogP contribution in [0.1, 0.15) is 17.9 Å². The molecular weight excluding hydrogens is 122 g/mol. The second-order valence-corrected chi connectivity index (χ2v) is 1.96. The number of rotatable bonds is 2. The quantitative estimate of drug-likeness (QED) is 0.462. The van der Waals surface area contributed by atoms with Gasteiger partial charge in [-0.25, -0.2) is 0 Å². The van der Waals surface area contributed by atoms with Crippen LogP contribution in [0.5, 0.6) is 0 Å². The molecule has 0 saturated heterocycles. The Morgan fingerprint density at radius 1 is 2.00 bits per heavy atom. The number of nitrogens with two attached hydrogens (primary N) is 1. The van der Waals surface area contributed by atoms with Crippen molar-refractivity contribution in [1.29, 1.82) is 0 Å².